The normalized spacial score (nSPS) is 24.2. The van der Waals surface area contributed by atoms with Gasteiger partial charge in [0.15, 0.2) is 0 Å². The maximum absolute atomic E-state index is 11.7. The summed E-state index contributed by atoms with van der Waals surface area (Å²) in [5.41, 5.74) is 0. The predicted molar refractivity (Wildman–Crippen MR) is 66.9 cm³/mol. The Bertz CT molecular complexity index is 333. The highest BCUT2D eigenvalue weighted by atomic mass is 32.2. The third kappa shape index (κ3) is 3.61. The van der Waals surface area contributed by atoms with E-state index in [9.17, 15) is 13.8 Å². The first-order chi connectivity index (χ1) is 7.97. The molecule has 1 heterocycles. The molecule has 3 unspecified atom stereocenters. The molecule has 17 heavy (non-hydrogen) atoms. The zero-order valence-electron chi connectivity index (χ0n) is 10.6. The lowest BCUT2D eigenvalue weighted by Crippen LogP contribution is -2.39. The molecule has 5 nitrogen and oxygen atoms in total. The second-order valence-corrected chi connectivity index (χ2v) is 6.09. The Balaban J connectivity index is 2.37. The fourth-order valence-electron chi connectivity index (χ4n) is 1.80. The van der Waals surface area contributed by atoms with E-state index in [1.54, 1.807) is 13.2 Å². The highest BCUT2D eigenvalue weighted by molar-refractivity contribution is 7.84. The Labute approximate surface area is 104 Å². The Hall–Kier alpha value is -0.750. The Morgan fingerprint density at radius 3 is 2.65 bits per heavy atom. The van der Waals surface area contributed by atoms with Crippen molar-refractivity contribution in [2.75, 3.05) is 19.3 Å². The van der Waals surface area contributed by atoms with Gasteiger partial charge in [0.1, 0.15) is 0 Å². The minimum Gasteiger partial charge on any atom is -0.305 e. The van der Waals surface area contributed by atoms with Crippen LogP contribution in [-0.2, 0) is 20.4 Å². The second-order valence-electron chi connectivity index (χ2n) is 4.28. The molecule has 0 aromatic rings. The van der Waals surface area contributed by atoms with Gasteiger partial charge in [-0.05, 0) is 19.9 Å². The van der Waals surface area contributed by atoms with E-state index < -0.39 is 10.8 Å². The van der Waals surface area contributed by atoms with Crippen molar-refractivity contribution in [1.29, 1.82) is 0 Å². The summed E-state index contributed by atoms with van der Waals surface area (Å²) in [5.74, 6) is -0.245. The molecule has 0 radical (unpaired) electrons. The van der Waals surface area contributed by atoms with Gasteiger partial charge in [0.2, 0.25) is 11.8 Å². The fraction of sp³-hybridized carbons (Fsp3) is 0.818. The van der Waals surface area contributed by atoms with Crippen LogP contribution in [0.15, 0.2) is 0 Å². The van der Waals surface area contributed by atoms with Crippen LogP contribution in [0, 0.1) is 0 Å². The minimum atomic E-state index is -0.840. The summed E-state index contributed by atoms with van der Waals surface area (Å²) in [6.07, 6.45) is 2.66. The second kappa shape index (κ2) is 6.26. The molecule has 0 bridgehead atoms. The van der Waals surface area contributed by atoms with Gasteiger partial charge in [-0.3, -0.25) is 18.7 Å². The summed E-state index contributed by atoms with van der Waals surface area (Å²) in [7, 11) is -0.840. The number of imide groups is 1. The van der Waals surface area contributed by atoms with E-state index in [0.29, 0.717) is 13.1 Å². The van der Waals surface area contributed by atoms with Crippen molar-refractivity contribution in [3.8, 4) is 0 Å². The number of amides is 2. The molecule has 98 valence electrons. The third-order valence-corrected chi connectivity index (χ3v) is 4.44. The molecule has 0 spiro atoms. The molecule has 1 aliphatic rings. The zero-order valence-corrected chi connectivity index (χ0v) is 11.4. The minimum absolute atomic E-state index is 0.108. The molecule has 1 fully saturated rings. The molecule has 6 heteroatoms. The van der Waals surface area contributed by atoms with Crippen LogP contribution in [0.2, 0.25) is 0 Å². The monoisotopic (exact) mass is 260 g/mol. The van der Waals surface area contributed by atoms with E-state index in [0.717, 1.165) is 6.42 Å². The topological polar surface area (TPSA) is 66.5 Å². The lowest BCUT2D eigenvalue weighted by molar-refractivity contribution is -0.138. The zero-order chi connectivity index (χ0) is 13.0. The summed E-state index contributed by atoms with van der Waals surface area (Å²) in [6.45, 7) is 4.76. The fourth-order valence-corrected chi connectivity index (χ4v) is 2.25. The van der Waals surface area contributed by atoms with Crippen molar-refractivity contribution >= 4 is 22.6 Å². The highest BCUT2D eigenvalue weighted by Gasteiger charge is 2.36. The van der Waals surface area contributed by atoms with Crippen LogP contribution in [0.3, 0.4) is 0 Å². The van der Waals surface area contributed by atoms with E-state index in [1.807, 2.05) is 6.92 Å². The molecular formula is C11H20N2O3S. The van der Waals surface area contributed by atoms with E-state index in [4.69, 9.17) is 0 Å². The van der Waals surface area contributed by atoms with Crippen LogP contribution in [0.5, 0.6) is 0 Å². The average molecular weight is 260 g/mol. The molecule has 3 atom stereocenters. The standard InChI is InChI=1S/C11H20N2O3S/c1-4-13-10(14)7-9(11(13)15)12-6-5-8(2)17(3)16/h8-9,12H,4-7H2,1-3H3. The first-order valence-corrected chi connectivity index (χ1v) is 7.49. The average Bonchev–Trinajstić information content (AvgIpc) is 2.53. The van der Waals surface area contributed by atoms with Gasteiger partial charge in [0.05, 0.1) is 12.5 Å². The van der Waals surface area contributed by atoms with Crippen molar-refractivity contribution in [2.24, 2.45) is 0 Å². The number of hydrogen-bond donors (Lipinski definition) is 1. The van der Waals surface area contributed by atoms with Crippen molar-refractivity contribution in [1.82, 2.24) is 10.2 Å². The number of hydrogen-bond acceptors (Lipinski definition) is 4. The predicted octanol–water partition coefficient (Wildman–Crippen LogP) is -0.119. The van der Waals surface area contributed by atoms with Gasteiger partial charge in [-0.15, -0.1) is 0 Å². The maximum atomic E-state index is 11.7. The quantitative estimate of drug-likeness (QED) is 0.676. The van der Waals surface area contributed by atoms with Gasteiger partial charge in [-0.1, -0.05) is 6.92 Å². The molecular weight excluding hydrogens is 240 g/mol. The molecule has 0 saturated carbocycles. The first kappa shape index (κ1) is 14.3. The van der Waals surface area contributed by atoms with E-state index in [2.05, 4.69) is 5.32 Å². The first-order valence-electron chi connectivity index (χ1n) is 5.87. The summed E-state index contributed by atoms with van der Waals surface area (Å²) in [6, 6.07) is -0.389. The molecule has 0 aromatic carbocycles. The largest absolute Gasteiger partial charge is 0.305 e. The van der Waals surface area contributed by atoms with Crippen LogP contribution in [0.1, 0.15) is 26.7 Å². The Morgan fingerprint density at radius 2 is 2.18 bits per heavy atom. The van der Waals surface area contributed by atoms with Gasteiger partial charge in [-0.25, -0.2) is 0 Å². The Morgan fingerprint density at radius 1 is 1.53 bits per heavy atom. The molecule has 1 aliphatic heterocycles. The van der Waals surface area contributed by atoms with Crippen LogP contribution in [-0.4, -0.2) is 51.6 Å². The van der Waals surface area contributed by atoms with E-state index >= 15 is 0 Å². The summed E-state index contributed by atoms with van der Waals surface area (Å²) >= 11 is 0. The number of carbonyl (C=O) groups excluding carboxylic acids is 2. The lowest BCUT2D eigenvalue weighted by Gasteiger charge is -2.14. The summed E-state index contributed by atoms with van der Waals surface area (Å²) in [4.78, 5) is 24.5. The molecule has 1 N–H and O–H groups in total. The van der Waals surface area contributed by atoms with Crippen molar-refractivity contribution < 1.29 is 13.8 Å². The van der Waals surface area contributed by atoms with Crippen molar-refractivity contribution in [3.63, 3.8) is 0 Å². The van der Waals surface area contributed by atoms with Gasteiger partial charge in [-0.2, -0.15) is 0 Å². The number of likely N-dealkylation sites (N-methyl/N-ethyl adjacent to an activating group) is 1. The summed E-state index contributed by atoms with van der Waals surface area (Å²) in [5, 5.41) is 3.17. The number of likely N-dealkylation sites (tertiary alicyclic amines) is 1. The van der Waals surface area contributed by atoms with E-state index in [-0.39, 0.29) is 29.5 Å². The lowest BCUT2D eigenvalue weighted by atomic mass is 10.2. The van der Waals surface area contributed by atoms with Gasteiger partial charge < -0.3 is 5.32 Å². The molecule has 0 aromatic heterocycles. The number of carbonyl (C=O) groups is 2. The molecule has 2 amide bonds. The van der Waals surface area contributed by atoms with Gasteiger partial charge in [0, 0.05) is 28.9 Å². The molecule has 1 rings (SSSR count). The SMILES string of the molecule is CCN1C(=O)CC(NCCC(C)S(C)=O)C1=O. The Kier molecular flexibility index (Phi) is 5.27. The maximum Gasteiger partial charge on any atom is 0.246 e. The molecule has 0 aliphatic carbocycles. The van der Waals surface area contributed by atoms with Gasteiger partial charge >= 0.3 is 0 Å². The smallest absolute Gasteiger partial charge is 0.246 e. The van der Waals surface area contributed by atoms with E-state index in [1.165, 1.54) is 4.90 Å². The van der Waals surface area contributed by atoms with Crippen LogP contribution < -0.4 is 5.32 Å². The molecule has 1 saturated heterocycles. The third-order valence-electron chi connectivity index (χ3n) is 3.07. The van der Waals surface area contributed by atoms with Crippen LogP contribution in [0.25, 0.3) is 0 Å². The van der Waals surface area contributed by atoms with Crippen molar-refractivity contribution in [2.45, 2.75) is 38.0 Å². The van der Waals surface area contributed by atoms with Crippen LogP contribution >= 0.6 is 0 Å². The number of nitrogens with one attached hydrogen (secondary N) is 1. The van der Waals surface area contributed by atoms with Gasteiger partial charge in [0.25, 0.3) is 0 Å². The highest BCUT2D eigenvalue weighted by Crippen LogP contribution is 2.12. The number of nitrogens with zero attached hydrogens (tertiary/aromatic N) is 1. The number of rotatable bonds is 6. The van der Waals surface area contributed by atoms with Crippen LogP contribution in [0.4, 0.5) is 0 Å². The van der Waals surface area contributed by atoms with Crippen molar-refractivity contribution in [3.05, 3.63) is 0 Å². The summed E-state index contributed by atoms with van der Waals surface area (Å²) < 4.78 is 11.1.